The van der Waals surface area contributed by atoms with Gasteiger partial charge in [-0.1, -0.05) is 17.7 Å². The molecule has 0 spiro atoms. The van der Waals surface area contributed by atoms with Crippen LogP contribution in [0.2, 0.25) is 0 Å². The number of aryl methyl sites for hydroxylation is 1. The fraction of sp³-hybridized carbons (Fsp3) is 0.333. The summed E-state index contributed by atoms with van der Waals surface area (Å²) in [4.78, 5) is 14.0. The first kappa shape index (κ1) is 19.2. The van der Waals surface area contributed by atoms with Crippen LogP contribution in [0.4, 0.5) is 11.4 Å². The number of likely N-dealkylation sites (tertiary alicyclic amines) is 1. The van der Waals surface area contributed by atoms with E-state index in [1.165, 1.54) is 12.0 Å². The highest BCUT2D eigenvalue weighted by molar-refractivity contribution is 7.80. The lowest BCUT2D eigenvalue weighted by Crippen LogP contribution is -2.38. The molecule has 6 heteroatoms. The van der Waals surface area contributed by atoms with Gasteiger partial charge < -0.3 is 20.3 Å². The van der Waals surface area contributed by atoms with Crippen molar-refractivity contribution in [1.29, 1.82) is 0 Å². The lowest BCUT2D eigenvalue weighted by Gasteiger charge is -2.26. The molecule has 0 bridgehead atoms. The van der Waals surface area contributed by atoms with E-state index < -0.39 is 0 Å². The lowest BCUT2D eigenvalue weighted by molar-refractivity contribution is -0.134. The van der Waals surface area contributed by atoms with Gasteiger partial charge in [-0.25, -0.2) is 0 Å². The van der Waals surface area contributed by atoms with Gasteiger partial charge in [0.05, 0.1) is 0 Å². The molecule has 1 heterocycles. The normalized spacial score (nSPS) is 13.7. The number of benzene rings is 2. The molecule has 142 valence electrons. The number of piperidine rings is 1. The predicted molar refractivity (Wildman–Crippen MR) is 113 cm³/mol. The number of anilines is 2. The molecule has 1 fully saturated rings. The van der Waals surface area contributed by atoms with Gasteiger partial charge in [0.25, 0.3) is 5.91 Å². The van der Waals surface area contributed by atoms with Gasteiger partial charge >= 0.3 is 0 Å². The van der Waals surface area contributed by atoms with Crippen LogP contribution >= 0.6 is 12.2 Å². The number of hydrogen-bond donors (Lipinski definition) is 2. The number of amides is 1. The molecule has 27 heavy (non-hydrogen) atoms. The van der Waals surface area contributed by atoms with Crippen molar-refractivity contribution in [1.82, 2.24) is 4.90 Å². The second-order valence-electron chi connectivity index (χ2n) is 6.70. The molecule has 3 rings (SSSR count). The summed E-state index contributed by atoms with van der Waals surface area (Å²) in [7, 11) is 0. The minimum Gasteiger partial charge on any atom is -0.484 e. The van der Waals surface area contributed by atoms with E-state index in [-0.39, 0.29) is 12.5 Å². The molecule has 0 radical (unpaired) electrons. The van der Waals surface area contributed by atoms with Gasteiger partial charge in [0.15, 0.2) is 11.7 Å². The Labute approximate surface area is 165 Å². The van der Waals surface area contributed by atoms with Gasteiger partial charge in [-0.3, -0.25) is 4.79 Å². The molecule has 2 aromatic rings. The van der Waals surface area contributed by atoms with Gasteiger partial charge in [-0.05, 0) is 74.8 Å². The SMILES string of the molecule is Cc1ccc(NC(=S)Nc2ccc(OCC(=O)N3CCCCC3)cc2)cc1. The van der Waals surface area contributed by atoms with Crippen LogP contribution in [-0.2, 0) is 4.79 Å². The monoisotopic (exact) mass is 383 g/mol. The minimum atomic E-state index is 0.0559. The Morgan fingerprint density at radius 3 is 2.11 bits per heavy atom. The second kappa shape index (κ2) is 9.37. The number of nitrogens with one attached hydrogen (secondary N) is 2. The maximum absolute atomic E-state index is 12.1. The van der Waals surface area contributed by atoms with Gasteiger partial charge in [0, 0.05) is 24.5 Å². The molecule has 2 aromatic carbocycles. The smallest absolute Gasteiger partial charge is 0.260 e. The number of thiocarbonyl (C=S) groups is 1. The van der Waals surface area contributed by atoms with E-state index in [4.69, 9.17) is 17.0 Å². The van der Waals surface area contributed by atoms with Crippen LogP contribution in [-0.4, -0.2) is 35.6 Å². The van der Waals surface area contributed by atoms with E-state index in [1.54, 1.807) is 0 Å². The van der Waals surface area contributed by atoms with E-state index >= 15 is 0 Å². The van der Waals surface area contributed by atoms with Crippen LogP contribution < -0.4 is 15.4 Å². The highest BCUT2D eigenvalue weighted by Gasteiger charge is 2.16. The molecule has 1 aliphatic rings. The first-order valence-electron chi connectivity index (χ1n) is 9.25. The average molecular weight is 384 g/mol. The number of nitrogens with zero attached hydrogens (tertiary/aromatic N) is 1. The standard InChI is InChI=1S/C21H25N3O2S/c1-16-5-7-17(8-6-16)22-21(27)23-18-9-11-19(12-10-18)26-15-20(25)24-13-3-2-4-14-24/h5-12H,2-4,13-15H2,1H3,(H2,22,23,27). The van der Waals surface area contributed by atoms with Crippen molar-refractivity contribution in [3.8, 4) is 5.75 Å². The topological polar surface area (TPSA) is 53.6 Å². The summed E-state index contributed by atoms with van der Waals surface area (Å²) in [5, 5.41) is 6.81. The highest BCUT2D eigenvalue weighted by atomic mass is 32.1. The molecule has 0 aliphatic carbocycles. The molecular formula is C21H25N3O2S. The van der Waals surface area contributed by atoms with Gasteiger partial charge in [0.2, 0.25) is 0 Å². The summed E-state index contributed by atoms with van der Waals surface area (Å²) >= 11 is 5.34. The van der Waals surface area contributed by atoms with Crippen LogP contribution in [0.5, 0.6) is 5.75 Å². The highest BCUT2D eigenvalue weighted by Crippen LogP contribution is 2.17. The molecule has 1 saturated heterocycles. The molecule has 0 atom stereocenters. The summed E-state index contributed by atoms with van der Waals surface area (Å²) in [6, 6.07) is 15.5. The van der Waals surface area contributed by atoms with Crippen molar-refractivity contribution in [3.05, 3.63) is 54.1 Å². The van der Waals surface area contributed by atoms with Crippen LogP contribution in [0, 0.1) is 6.92 Å². The minimum absolute atomic E-state index is 0.0559. The van der Waals surface area contributed by atoms with E-state index in [0.29, 0.717) is 10.9 Å². The number of rotatable bonds is 5. The largest absolute Gasteiger partial charge is 0.484 e. The molecular weight excluding hydrogens is 358 g/mol. The van der Waals surface area contributed by atoms with Crippen LogP contribution in [0.15, 0.2) is 48.5 Å². The summed E-state index contributed by atoms with van der Waals surface area (Å²) in [5.74, 6) is 0.726. The molecule has 1 aliphatic heterocycles. The van der Waals surface area contributed by atoms with Crippen molar-refractivity contribution in [2.24, 2.45) is 0 Å². The van der Waals surface area contributed by atoms with Gasteiger partial charge in [-0.15, -0.1) is 0 Å². The van der Waals surface area contributed by atoms with E-state index in [2.05, 4.69) is 10.6 Å². The summed E-state index contributed by atoms with van der Waals surface area (Å²) in [5.41, 5.74) is 3.00. The van der Waals surface area contributed by atoms with Crippen LogP contribution in [0.1, 0.15) is 24.8 Å². The van der Waals surface area contributed by atoms with Crippen molar-refractivity contribution < 1.29 is 9.53 Å². The third-order valence-electron chi connectivity index (χ3n) is 4.49. The van der Waals surface area contributed by atoms with Crippen molar-refractivity contribution in [2.45, 2.75) is 26.2 Å². The maximum Gasteiger partial charge on any atom is 0.260 e. The zero-order valence-electron chi connectivity index (χ0n) is 15.5. The second-order valence-corrected chi connectivity index (χ2v) is 7.11. The summed E-state index contributed by atoms with van der Waals surface area (Å²) in [6.45, 7) is 3.82. The Balaban J connectivity index is 1.45. The lowest BCUT2D eigenvalue weighted by atomic mass is 10.1. The molecule has 0 aromatic heterocycles. The van der Waals surface area contributed by atoms with E-state index in [0.717, 1.165) is 37.3 Å². The molecule has 1 amide bonds. The Morgan fingerprint density at radius 2 is 1.52 bits per heavy atom. The van der Waals surface area contributed by atoms with Crippen molar-refractivity contribution >= 4 is 34.6 Å². The van der Waals surface area contributed by atoms with Gasteiger partial charge in [0.1, 0.15) is 5.75 Å². The first-order valence-corrected chi connectivity index (χ1v) is 9.66. The maximum atomic E-state index is 12.1. The average Bonchev–Trinajstić information content (AvgIpc) is 2.69. The Morgan fingerprint density at radius 1 is 0.963 bits per heavy atom. The fourth-order valence-corrected chi connectivity index (χ4v) is 3.18. The van der Waals surface area contributed by atoms with E-state index in [1.807, 2.05) is 60.4 Å². The summed E-state index contributed by atoms with van der Waals surface area (Å²) in [6.07, 6.45) is 3.38. The number of carbonyl (C=O) groups is 1. The zero-order valence-corrected chi connectivity index (χ0v) is 16.3. The quantitative estimate of drug-likeness (QED) is 0.758. The number of carbonyl (C=O) groups excluding carboxylic acids is 1. The third-order valence-corrected chi connectivity index (χ3v) is 4.70. The Kier molecular flexibility index (Phi) is 6.65. The van der Waals surface area contributed by atoms with Gasteiger partial charge in [-0.2, -0.15) is 0 Å². The Bertz CT molecular complexity index is 769. The van der Waals surface area contributed by atoms with Crippen LogP contribution in [0.25, 0.3) is 0 Å². The molecule has 5 nitrogen and oxygen atoms in total. The van der Waals surface area contributed by atoms with Crippen LogP contribution in [0.3, 0.4) is 0 Å². The fourth-order valence-electron chi connectivity index (χ4n) is 2.94. The molecule has 0 saturated carbocycles. The zero-order chi connectivity index (χ0) is 19.1. The molecule has 0 unspecified atom stereocenters. The van der Waals surface area contributed by atoms with Crippen molar-refractivity contribution in [3.63, 3.8) is 0 Å². The van der Waals surface area contributed by atoms with Crippen molar-refractivity contribution in [2.75, 3.05) is 30.3 Å². The third kappa shape index (κ3) is 5.96. The van der Waals surface area contributed by atoms with E-state index in [9.17, 15) is 4.79 Å². The predicted octanol–water partition coefficient (Wildman–Crippen LogP) is 4.20. The first-order chi connectivity index (χ1) is 13.1. The summed E-state index contributed by atoms with van der Waals surface area (Å²) < 4.78 is 5.62. The molecule has 2 N–H and O–H groups in total. The Hall–Kier alpha value is -2.60. The number of hydrogen-bond acceptors (Lipinski definition) is 3. The number of ether oxygens (including phenoxy) is 1.